The van der Waals surface area contributed by atoms with Gasteiger partial charge in [-0.2, -0.15) is 5.10 Å². The van der Waals surface area contributed by atoms with Gasteiger partial charge in [-0.3, -0.25) is 9.48 Å². The summed E-state index contributed by atoms with van der Waals surface area (Å²) in [5, 5.41) is 12.5. The van der Waals surface area contributed by atoms with Crippen molar-refractivity contribution in [2.45, 2.75) is 32.2 Å². The van der Waals surface area contributed by atoms with Gasteiger partial charge in [0.1, 0.15) is 10.5 Å². The summed E-state index contributed by atoms with van der Waals surface area (Å²) in [6, 6.07) is 1.86. The lowest BCUT2D eigenvalue weighted by Crippen LogP contribution is -2.52. The summed E-state index contributed by atoms with van der Waals surface area (Å²) in [4.78, 5) is 17.3. The molecule has 2 aromatic heterocycles. The fraction of sp³-hybridized carbons (Fsp3) is 0.500. The molecular weight excluding hydrogens is 286 g/mol. The molecule has 2 aromatic rings. The first kappa shape index (κ1) is 14.2. The third-order valence-electron chi connectivity index (χ3n) is 3.93. The lowest BCUT2D eigenvalue weighted by molar-refractivity contribution is -0.126. The van der Waals surface area contributed by atoms with Crippen LogP contribution < -0.4 is 10.6 Å². The molecule has 2 N–H and O–H groups in total. The molecule has 0 saturated carbocycles. The number of amides is 1. The molecule has 0 bridgehead atoms. The molecule has 1 aliphatic rings. The first-order valence-corrected chi connectivity index (χ1v) is 7.90. The van der Waals surface area contributed by atoms with Gasteiger partial charge in [-0.05, 0) is 45.8 Å². The van der Waals surface area contributed by atoms with Crippen molar-refractivity contribution in [3.8, 4) is 0 Å². The van der Waals surface area contributed by atoms with Gasteiger partial charge in [-0.15, -0.1) is 11.3 Å². The Labute approximate surface area is 127 Å². The van der Waals surface area contributed by atoms with Crippen LogP contribution in [-0.4, -0.2) is 33.8 Å². The summed E-state index contributed by atoms with van der Waals surface area (Å²) in [5.74, 6) is -0.000509. The molecule has 0 aromatic carbocycles. The molecule has 1 fully saturated rings. The summed E-state index contributed by atoms with van der Waals surface area (Å²) in [7, 11) is 0. The minimum absolute atomic E-state index is 0.000509. The van der Waals surface area contributed by atoms with Gasteiger partial charge in [-0.1, -0.05) is 0 Å². The number of carbonyl (C=O) groups is 1. The van der Waals surface area contributed by atoms with Crippen molar-refractivity contribution in [1.29, 1.82) is 0 Å². The van der Waals surface area contributed by atoms with E-state index in [1.54, 1.807) is 10.9 Å². The number of hydrogen-bond donors (Lipinski definition) is 2. The number of nitrogens with one attached hydrogen (secondary N) is 2. The molecule has 0 unspecified atom stereocenters. The number of carbonyl (C=O) groups excluding carboxylic acids is 1. The van der Waals surface area contributed by atoms with E-state index in [2.05, 4.69) is 20.7 Å². The van der Waals surface area contributed by atoms with Crippen molar-refractivity contribution in [3.63, 3.8) is 0 Å². The average molecular weight is 305 g/mol. The molecule has 0 atom stereocenters. The molecule has 0 spiro atoms. The number of hydrogen-bond acceptors (Lipinski definition) is 5. The number of aromatic nitrogens is 3. The van der Waals surface area contributed by atoms with Crippen LogP contribution >= 0.6 is 11.3 Å². The van der Waals surface area contributed by atoms with Gasteiger partial charge in [-0.25, -0.2) is 4.98 Å². The Morgan fingerprint density at radius 1 is 1.43 bits per heavy atom. The van der Waals surface area contributed by atoms with E-state index in [9.17, 15) is 4.79 Å². The van der Waals surface area contributed by atoms with Crippen LogP contribution in [0.2, 0.25) is 0 Å². The smallest absolute Gasteiger partial charge is 0.253 e. The maximum Gasteiger partial charge on any atom is 0.253 e. The first-order chi connectivity index (χ1) is 10.1. The summed E-state index contributed by atoms with van der Waals surface area (Å²) in [6.45, 7) is 5.49. The minimum atomic E-state index is -0.612. The van der Waals surface area contributed by atoms with Crippen LogP contribution in [0, 0.1) is 13.8 Å². The monoisotopic (exact) mass is 305 g/mol. The van der Waals surface area contributed by atoms with Crippen LogP contribution in [0.25, 0.3) is 0 Å². The lowest BCUT2D eigenvalue weighted by Gasteiger charge is -2.36. The predicted molar refractivity (Wildman–Crippen MR) is 82.5 cm³/mol. The third-order valence-corrected chi connectivity index (χ3v) is 4.92. The fourth-order valence-corrected chi connectivity index (χ4v) is 3.60. The van der Waals surface area contributed by atoms with E-state index in [0.717, 1.165) is 41.6 Å². The van der Waals surface area contributed by atoms with Gasteiger partial charge in [0.25, 0.3) is 5.91 Å². The highest BCUT2D eigenvalue weighted by molar-refractivity contribution is 7.16. The van der Waals surface area contributed by atoms with Crippen LogP contribution in [0.5, 0.6) is 0 Å². The van der Waals surface area contributed by atoms with Gasteiger partial charge in [0.05, 0.1) is 10.7 Å². The molecule has 3 heterocycles. The molecule has 1 saturated heterocycles. The van der Waals surface area contributed by atoms with Crippen LogP contribution in [0.1, 0.15) is 23.5 Å². The Hall–Kier alpha value is -1.73. The second-order valence-corrected chi connectivity index (χ2v) is 6.54. The Bertz CT molecular complexity index is 628. The molecule has 7 heteroatoms. The molecular formula is C14H19N5OS. The molecule has 3 rings (SSSR count). The zero-order chi connectivity index (χ0) is 14.9. The maximum atomic E-state index is 12.9. The van der Waals surface area contributed by atoms with Crippen molar-refractivity contribution in [3.05, 3.63) is 29.2 Å². The average Bonchev–Trinajstić information content (AvgIpc) is 3.10. The standard InChI is InChI=1S/C14H19N5OS/c1-10-12(21-11(2)17-10)18-13(20)14(4-7-15-8-5-14)19-9-3-6-16-19/h3,6,9,15H,4-5,7-8H2,1-2H3,(H,18,20). The zero-order valence-corrected chi connectivity index (χ0v) is 13.0. The van der Waals surface area contributed by atoms with Crippen molar-refractivity contribution in [2.75, 3.05) is 18.4 Å². The molecule has 0 radical (unpaired) electrons. The molecule has 112 valence electrons. The Morgan fingerprint density at radius 3 is 2.76 bits per heavy atom. The topological polar surface area (TPSA) is 71.8 Å². The van der Waals surface area contributed by atoms with E-state index >= 15 is 0 Å². The van der Waals surface area contributed by atoms with Crippen molar-refractivity contribution in [2.24, 2.45) is 0 Å². The first-order valence-electron chi connectivity index (χ1n) is 7.08. The third kappa shape index (κ3) is 2.58. The molecule has 6 nitrogen and oxygen atoms in total. The van der Waals surface area contributed by atoms with Crippen LogP contribution in [-0.2, 0) is 10.3 Å². The highest BCUT2D eigenvalue weighted by Gasteiger charge is 2.42. The van der Waals surface area contributed by atoms with E-state index in [0.29, 0.717) is 0 Å². The van der Waals surface area contributed by atoms with Crippen LogP contribution in [0.4, 0.5) is 5.00 Å². The van der Waals surface area contributed by atoms with Crippen molar-refractivity contribution >= 4 is 22.2 Å². The van der Waals surface area contributed by atoms with Gasteiger partial charge in [0, 0.05) is 12.4 Å². The van der Waals surface area contributed by atoms with E-state index in [1.165, 1.54) is 11.3 Å². The highest BCUT2D eigenvalue weighted by atomic mass is 32.1. The molecule has 1 aliphatic heterocycles. The van der Waals surface area contributed by atoms with E-state index in [1.807, 2.05) is 26.1 Å². The molecule has 0 aliphatic carbocycles. The zero-order valence-electron chi connectivity index (χ0n) is 12.2. The second kappa shape index (κ2) is 5.57. The number of thiazole rings is 1. The minimum Gasteiger partial charge on any atom is -0.317 e. The van der Waals surface area contributed by atoms with Crippen molar-refractivity contribution in [1.82, 2.24) is 20.1 Å². The van der Waals surface area contributed by atoms with E-state index in [-0.39, 0.29) is 5.91 Å². The number of nitrogens with zero attached hydrogens (tertiary/aromatic N) is 3. The number of piperidine rings is 1. The highest BCUT2D eigenvalue weighted by Crippen LogP contribution is 2.31. The van der Waals surface area contributed by atoms with E-state index in [4.69, 9.17) is 0 Å². The van der Waals surface area contributed by atoms with Gasteiger partial charge >= 0.3 is 0 Å². The molecule has 21 heavy (non-hydrogen) atoms. The summed E-state index contributed by atoms with van der Waals surface area (Å²) in [5.41, 5.74) is 0.259. The quantitative estimate of drug-likeness (QED) is 0.905. The number of anilines is 1. The Balaban J connectivity index is 1.90. The maximum absolute atomic E-state index is 12.9. The van der Waals surface area contributed by atoms with Gasteiger partial charge in [0.2, 0.25) is 0 Å². The van der Waals surface area contributed by atoms with Gasteiger partial charge < -0.3 is 10.6 Å². The SMILES string of the molecule is Cc1nc(C)c(NC(=O)C2(n3cccn3)CCNCC2)s1. The predicted octanol–water partition coefficient (Wildman–Crippen LogP) is 1.67. The Kier molecular flexibility index (Phi) is 3.77. The second-order valence-electron chi connectivity index (χ2n) is 5.33. The number of aryl methyl sites for hydroxylation is 2. The largest absolute Gasteiger partial charge is 0.317 e. The van der Waals surface area contributed by atoms with Crippen molar-refractivity contribution < 1.29 is 4.79 Å². The van der Waals surface area contributed by atoms with E-state index < -0.39 is 5.54 Å². The van der Waals surface area contributed by atoms with Gasteiger partial charge in [0.15, 0.2) is 0 Å². The lowest BCUT2D eigenvalue weighted by atomic mass is 9.87. The molecule has 1 amide bonds. The van der Waals surface area contributed by atoms with Crippen LogP contribution in [0.15, 0.2) is 18.5 Å². The Morgan fingerprint density at radius 2 is 2.19 bits per heavy atom. The normalized spacial score (nSPS) is 17.6. The summed E-state index contributed by atoms with van der Waals surface area (Å²) < 4.78 is 1.80. The fourth-order valence-electron chi connectivity index (χ4n) is 2.79. The number of rotatable bonds is 3. The summed E-state index contributed by atoms with van der Waals surface area (Å²) >= 11 is 1.51. The summed E-state index contributed by atoms with van der Waals surface area (Å²) in [6.07, 6.45) is 5.06. The van der Waals surface area contributed by atoms with Crippen LogP contribution in [0.3, 0.4) is 0 Å².